The monoisotopic (exact) mass is 271 g/mol. The van der Waals surface area contributed by atoms with Gasteiger partial charge in [0, 0.05) is 18.4 Å². The lowest BCUT2D eigenvalue weighted by atomic mass is 10.2. The maximum atomic E-state index is 9.02. The molecule has 0 saturated heterocycles. The van der Waals surface area contributed by atoms with Gasteiger partial charge >= 0.3 is 0 Å². The number of anilines is 2. The van der Waals surface area contributed by atoms with Gasteiger partial charge in [-0.2, -0.15) is 5.26 Å². The molecule has 19 heavy (non-hydrogen) atoms. The summed E-state index contributed by atoms with van der Waals surface area (Å²) in [5.74, 6) is 0.618. The third-order valence-electron chi connectivity index (χ3n) is 2.91. The van der Waals surface area contributed by atoms with Gasteiger partial charge in [0.25, 0.3) is 0 Å². The lowest BCUT2D eigenvalue weighted by Gasteiger charge is -2.23. The normalized spacial score (nSPS) is 10.0. The summed E-state index contributed by atoms with van der Waals surface area (Å²) in [5, 5.41) is 9.42. The Balaban J connectivity index is 2.49. The molecule has 0 spiro atoms. The Hall–Kier alpha value is -2.05. The maximum absolute atomic E-state index is 9.02. The Kier molecular flexibility index (Phi) is 4.03. The van der Waals surface area contributed by atoms with E-state index in [9.17, 15) is 0 Å². The highest BCUT2D eigenvalue weighted by atomic mass is 35.5. The lowest BCUT2D eigenvalue weighted by Crippen LogP contribution is -2.18. The highest BCUT2D eigenvalue weighted by Crippen LogP contribution is 2.31. The SMILES string of the molecule is CCN(c1ccc(C)cc1)c1nccc(C#N)c1Cl. The number of hydrogen-bond acceptors (Lipinski definition) is 3. The van der Waals surface area contributed by atoms with Gasteiger partial charge in [-0.3, -0.25) is 0 Å². The molecule has 0 fully saturated rings. The Morgan fingerprint density at radius 2 is 1.95 bits per heavy atom. The molecule has 0 bridgehead atoms. The first-order valence-electron chi connectivity index (χ1n) is 6.06. The summed E-state index contributed by atoms with van der Waals surface area (Å²) in [6, 6.07) is 11.8. The first-order valence-corrected chi connectivity index (χ1v) is 6.44. The van der Waals surface area contributed by atoms with E-state index in [-0.39, 0.29) is 0 Å². The van der Waals surface area contributed by atoms with E-state index >= 15 is 0 Å². The zero-order chi connectivity index (χ0) is 13.8. The van der Waals surface area contributed by atoms with Gasteiger partial charge < -0.3 is 4.90 Å². The fraction of sp³-hybridized carbons (Fsp3) is 0.200. The standard InChI is InChI=1S/C15H14ClN3/c1-3-19(13-6-4-11(2)5-7-13)15-14(16)12(10-17)8-9-18-15/h4-9H,3H2,1-2H3. The van der Waals surface area contributed by atoms with Gasteiger partial charge in [-0.15, -0.1) is 0 Å². The Morgan fingerprint density at radius 1 is 1.26 bits per heavy atom. The molecule has 1 aromatic heterocycles. The molecule has 0 unspecified atom stereocenters. The third kappa shape index (κ3) is 2.69. The summed E-state index contributed by atoms with van der Waals surface area (Å²) >= 11 is 6.24. The van der Waals surface area contributed by atoms with E-state index in [2.05, 4.69) is 11.1 Å². The highest BCUT2D eigenvalue weighted by molar-refractivity contribution is 6.34. The van der Waals surface area contributed by atoms with Crippen LogP contribution >= 0.6 is 11.6 Å². The second-order valence-corrected chi connectivity index (χ2v) is 4.57. The molecule has 0 atom stereocenters. The molecule has 2 rings (SSSR count). The average Bonchev–Trinajstić information content (AvgIpc) is 2.43. The summed E-state index contributed by atoms with van der Waals surface area (Å²) in [5.41, 5.74) is 2.65. The quantitative estimate of drug-likeness (QED) is 0.845. The van der Waals surface area contributed by atoms with Crippen molar-refractivity contribution in [3.63, 3.8) is 0 Å². The number of pyridine rings is 1. The van der Waals surface area contributed by atoms with Crippen LogP contribution in [0.1, 0.15) is 18.1 Å². The van der Waals surface area contributed by atoms with Crippen molar-refractivity contribution >= 4 is 23.1 Å². The smallest absolute Gasteiger partial charge is 0.153 e. The van der Waals surface area contributed by atoms with Crippen LogP contribution in [0.5, 0.6) is 0 Å². The molecule has 0 saturated carbocycles. The molecule has 4 heteroatoms. The molecule has 0 aliphatic rings. The third-order valence-corrected chi connectivity index (χ3v) is 3.28. The molecule has 0 N–H and O–H groups in total. The van der Waals surface area contributed by atoms with Crippen molar-refractivity contribution in [3.8, 4) is 6.07 Å². The second-order valence-electron chi connectivity index (χ2n) is 4.19. The molecule has 0 aliphatic carbocycles. The van der Waals surface area contributed by atoms with Crippen LogP contribution < -0.4 is 4.90 Å². The topological polar surface area (TPSA) is 39.9 Å². The number of halogens is 1. The van der Waals surface area contributed by atoms with Crippen LogP contribution in [0.15, 0.2) is 36.5 Å². The largest absolute Gasteiger partial charge is 0.325 e. The summed E-state index contributed by atoms with van der Waals surface area (Å²) in [6.07, 6.45) is 1.61. The summed E-state index contributed by atoms with van der Waals surface area (Å²) in [6.45, 7) is 4.79. The van der Waals surface area contributed by atoms with Crippen molar-refractivity contribution in [3.05, 3.63) is 52.7 Å². The molecule has 3 nitrogen and oxygen atoms in total. The minimum absolute atomic E-state index is 0.396. The molecule has 2 aromatic rings. The van der Waals surface area contributed by atoms with Gasteiger partial charge in [-0.1, -0.05) is 29.3 Å². The van der Waals surface area contributed by atoms with Gasteiger partial charge in [-0.25, -0.2) is 4.98 Å². The number of hydrogen-bond donors (Lipinski definition) is 0. The zero-order valence-corrected chi connectivity index (χ0v) is 11.6. The molecular weight excluding hydrogens is 258 g/mol. The minimum Gasteiger partial charge on any atom is -0.325 e. The molecule has 1 aromatic carbocycles. The van der Waals surface area contributed by atoms with E-state index in [1.165, 1.54) is 5.56 Å². The number of aryl methyl sites for hydroxylation is 1. The Morgan fingerprint density at radius 3 is 2.53 bits per heavy atom. The lowest BCUT2D eigenvalue weighted by molar-refractivity contribution is 0.988. The molecule has 0 amide bonds. The Bertz CT molecular complexity index is 614. The van der Waals surface area contributed by atoms with Crippen molar-refractivity contribution < 1.29 is 0 Å². The molecular formula is C15H14ClN3. The molecule has 0 aliphatic heterocycles. The first-order chi connectivity index (χ1) is 9.17. The highest BCUT2D eigenvalue weighted by Gasteiger charge is 2.15. The predicted molar refractivity (Wildman–Crippen MR) is 77.8 cm³/mol. The average molecular weight is 272 g/mol. The van der Waals surface area contributed by atoms with Crippen molar-refractivity contribution in [1.29, 1.82) is 5.26 Å². The van der Waals surface area contributed by atoms with Gasteiger partial charge in [-0.05, 0) is 32.0 Å². The first kappa shape index (κ1) is 13.4. The van der Waals surface area contributed by atoms with Crippen LogP contribution in [0.2, 0.25) is 5.02 Å². The van der Waals surface area contributed by atoms with Crippen LogP contribution in [0.4, 0.5) is 11.5 Å². The van der Waals surface area contributed by atoms with Gasteiger partial charge in [0.15, 0.2) is 5.82 Å². The minimum atomic E-state index is 0.396. The summed E-state index contributed by atoms with van der Waals surface area (Å²) < 4.78 is 0. The fourth-order valence-electron chi connectivity index (χ4n) is 1.89. The zero-order valence-electron chi connectivity index (χ0n) is 10.9. The fourth-order valence-corrected chi connectivity index (χ4v) is 2.14. The van der Waals surface area contributed by atoms with Gasteiger partial charge in [0.1, 0.15) is 11.1 Å². The van der Waals surface area contributed by atoms with E-state index in [1.807, 2.05) is 43.0 Å². The van der Waals surface area contributed by atoms with Gasteiger partial charge in [0.05, 0.1) is 5.56 Å². The van der Waals surface area contributed by atoms with Crippen LogP contribution in [0.25, 0.3) is 0 Å². The van der Waals surface area contributed by atoms with E-state index in [1.54, 1.807) is 12.3 Å². The molecule has 96 valence electrons. The number of nitrogens with zero attached hydrogens (tertiary/aromatic N) is 3. The van der Waals surface area contributed by atoms with Crippen molar-refractivity contribution in [2.45, 2.75) is 13.8 Å². The predicted octanol–water partition coefficient (Wildman–Crippen LogP) is 4.07. The maximum Gasteiger partial charge on any atom is 0.153 e. The van der Waals surface area contributed by atoms with Gasteiger partial charge in [0.2, 0.25) is 0 Å². The number of rotatable bonds is 3. The van der Waals surface area contributed by atoms with Crippen molar-refractivity contribution in [2.24, 2.45) is 0 Å². The number of nitriles is 1. The van der Waals surface area contributed by atoms with E-state index in [0.717, 1.165) is 12.2 Å². The van der Waals surface area contributed by atoms with E-state index < -0.39 is 0 Å². The number of aromatic nitrogens is 1. The molecule has 0 radical (unpaired) electrons. The summed E-state index contributed by atoms with van der Waals surface area (Å²) in [7, 11) is 0. The second kappa shape index (κ2) is 5.73. The van der Waals surface area contributed by atoms with E-state index in [0.29, 0.717) is 16.4 Å². The van der Waals surface area contributed by atoms with E-state index in [4.69, 9.17) is 16.9 Å². The van der Waals surface area contributed by atoms with Crippen molar-refractivity contribution in [1.82, 2.24) is 4.98 Å². The molecule has 1 heterocycles. The number of benzene rings is 1. The Labute approximate surface area is 118 Å². The van der Waals surface area contributed by atoms with Crippen LogP contribution in [0, 0.1) is 18.3 Å². The summed E-state index contributed by atoms with van der Waals surface area (Å²) in [4.78, 5) is 6.29. The van der Waals surface area contributed by atoms with Crippen LogP contribution in [0.3, 0.4) is 0 Å². The van der Waals surface area contributed by atoms with Crippen LogP contribution in [-0.4, -0.2) is 11.5 Å². The van der Waals surface area contributed by atoms with Crippen LogP contribution in [-0.2, 0) is 0 Å². The van der Waals surface area contributed by atoms with Crippen molar-refractivity contribution in [2.75, 3.05) is 11.4 Å².